The highest BCUT2D eigenvalue weighted by Crippen LogP contribution is 2.30. The Morgan fingerprint density at radius 1 is 1.50 bits per heavy atom. The van der Waals surface area contributed by atoms with Crippen LogP contribution in [0, 0.1) is 0 Å². The number of aliphatic hydroxyl groups is 1. The minimum atomic E-state index is 0.113. The van der Waals surface area contributed by atoms with Crippen LogP contribution in [0.15, 0.2) is 4.42 Å². The second-order valence-electron chi connectivity index (χ2n) is 3.91. The fraction of sp³-hybridized carbons (Fsp3) is 0.800. The normalized spacial score (nSPS) is 15.4. The molecule has 0 aromatic carbocycles. The van der Waals surface area contributed by atoms with Gasteiger partial charge in [-0.15, -0.1) is 5.10 Å². The van der Waals surface area contributed by atoms with E-state index in [0.29, 0.717) is 31.0 Å². The predicted molar refractivity (Wildman–Crippen MR) is 59.1 cm³/mol. The summed E-state index contributed by atoms with van der Waals surface area (Å²) in [4.78, 5) is 1.99. The minimum absolute atomic E-state index is 0.113. The molecule has 6 heteroatoms. The van der Waals surface area contributed by atoms with Crippen LogP contribution in [0.1, 0.15) is 25.7 Å². The van der Waals surface area contributed by atoms with Crippen molar-refractivity contribution in [3.05, 3.63) is 5.89 Å². The van der Waals surface area contributed by atoms with Gasteiger partial charge < -0.3 is 19.7 Å². The molecular formula is C10H18N4O2. The maximum absolute atomic E-state index is 8.98. The van der Waals surface area contributed by atoms with Gasteiger partial charge in [-0.2, -0.15) is 0 Å². The summed E-state index contributed by atoms with van der Waals surface area (Å²) in [6.07, 6.45) is 2.29. The van der Waals surface area contributed by atoms with E-state index in [1.807, 2.05) is 11.8 Å². The fourth-order valence-electron chi connectivity index (χ4n) is 1.59. The molecule has 0 aliphatic heterocycles. The molecule has 0 amide bonds. The van der Waals surface area contributed by atoms with Gasteiger partial charge in [-0.25, -0.2) is 0 Å². The maximum atomic E-state index is 8.98. The summed E-state index contributed by atoms with van der Waals surface area (Å²) in [7, 11) is 0. The molecule has 1 heterocycles. The molecule has 90 valence electrons. The zero-order valence-electron chi connectivity index (χ0n) is 9.52. The average molecular weight is 226 g/mol. The summed E-state index contributed by atoms with van der Waals surface area (Å²) in [5.74, 6) is 0.598. The highest BCUT2D eigenvalue weighted by atomic mass is 16.4. The Morgan fingerprint density at radius 3 is 2.94 bits per heavy atom. The lowest BCUT2D eigenvalue weighted by Gasteiger charge is -2.17. The van der Waals surface area contributed by atoms with Gasteiger partial charge in [0.15, 0.2) is 0 Å². The van der Waals surface area contributed by atoms with Crippen molar-refractivity contribution < 1.29 is 9.52 Å². The molecule has 2 rings (SSSR count). The smallest absolute Gasteiger partial charge is 0.318 e. The molecule has 1 aromatic heterocycles. The van der Waals surface area contributed by atoms with E-state index in [1.165, 1.54) is 0 Å². The largest absolute Gasteiger partial charge is 0.407 e. The zero-order chi connectivity index (χ0) is 11.4. The van der Waals surface area contributed by atoms with Gasteiger partial charge in [0.2, 0.25) is 5.89 Å². The first-order valence-electron chi connectivity index (χ1n) is 5.75. The highest BCUT2D eigenvalue weighted by Gasteiger charge is 2.31. The summed E-state index contributed by atoms with van der Waals surface area (Å²) in [5, 5.41) is 20.1. The quantitative estimate of drug-likeness (QED) is 0.689. The second-order valence-corrected chi connectivity index (χ2v) is 3.91. The van der Waals surface area contributed by atoms with Crippen molar-refractivity contribution in [3.8, 4) is 0 Å². The van der Waals surface area contributed by atoms with E-state index in [1.54, 1.807) is 0 Å². The van der Waals surface area contributed by atoms with E-state index >= 15 is 0 Å². The van der Waals surface area contributed by atoms with Crippen LogP contribution in [0.3, 0.4) is 0 Å². The maximum Gasteiger partial charge on any atom is 0.318 e. The van der Waals surface area contributed by atoms with Gasteiger partial charge in [-0.05, 0) is 19.4 Å². The van der Waals surface area contributed by atoms with Gasteiger partial charge in [0.1, 0.15) is 0 Å². The third-order valence-corrected chi connectivity index (χ3v) is 2.56. The van der Waals surface area contributed by atoms with Crippen LogP contribution >= 0.6 is 0 Å². The zero-order valence-corrected chi connectivity index (χ0v) is 9.52. The SMILES string of the molecule is CCNCc1nnc(N(CCO)C2CC2)o1. The number of hydrogen-bond acceptors (Lipinski definition) is 6. The lowest BCUT2D eigenvalue weighted by molar-refractivity contribution is 0.297. The van der Waals surface area contributed by atoms with Crippen LogP contribution in [0.4, 0.5) is 6.01 Å². The lowest BCUT2D eigenvalue weighted by atomic mass is 10.5. The Kier molecular flexibility index (Phi) is 3.74. The van der Waals surface area contributed by atoms with Gasteiger partial charge in [-0.1, -0.05) is 12.0 Å². The summed E-state index contributed by atoms with van der Waals surface area (Å²) in [6, 6.07) is 1.00. The van der Waals surface area contributed by atoms with Crippen molar-refractivity contribution in [2.75, 3.05) is 24.6 Å². The van der Waals surface area contributed by atoms with Crippen molar-refractivity contribution in [3.63, 3.8) is 0 Å². The second kappa shape index (κ2) is 5.27. The van der Waals surface area contributed by atoms with Gasteiger partial charge in [0.25, 0.3) is 0 Å². The summed E-state index contributed by atoms with van der Waals surface area (Å²) in [6.45, 7) is 4.18. The standard InChI is InChI=1S/C10H18N4O2/c1-2-11-7-9-12-13-10(16-9)14(5-6-15)8-3-4-8/h8,11,15H,2-7H2,1H3. The monoisotopic (exact) mass is 226 g/mol. The van der Waals surface area contributed by atoms with Gasteiger partial charge >= 0.3 is 6.01 Å². The van der Waals surface area contributed by atoms with Gasteiger partial charge in [0, 0.05) is 12.6 Å². The Hall–Kier alpha value is -1.14. The van der Waals surface area contributed by atoms with Crippen molar-refractivity contribution >= 4 is 6.01 Å². The first-order chi connectivity index (χ1) is 7.85. The number of nitrogens with zero attached hydrogens (tertiary/aromatic N) is 3. The molecule has 2 N–H and O–H groups in total. The Labute approximate surface area is 94.7 Å². The van der Waals surface area contributed by atoms with Gasteiger partial charge in [-0.3, -0.25) is 0 Å². The molecule has 1 fully saturated rings. The van der Waals surface area contributed by atoms with E-state index < -0.39 is 0 Å². The van der Waals surface area contributed by atoms with Crippen LogP contribution in [-0.4, -0.2) is 41.0 Å². The number of hydrogen-bond donors (Lipinski definition) is 2. The predicted octanol–water partition coefficient (Wildman–Crippen LogP) is 0.140. The number of rotatable bonds is 7. The van der Waals surface area contributed by atoms with Gasteiger partial charge in [0.05, 0.1) is 13.2 Å². The van der Waals surface area contributed by atoms with Crippen molar-refractivity contribution in [1.29, 1.82) is 0 Å². The molecule has 1 saturated carbocycles. The van der Waals surface area contributed by atoms with Crippen LogP contribution in [-0.2, 0) is 6.54 Å². The summed E-state index contributed by atoms with van der Waals surface area (Å²) >= 11 is 0. The van der Waals surface area contributed by atoms with E-state index in [9.17, 15) is 0 Å². The highest BCUT2D eigenvalue weighted by molar-refractivity contribution is 5.29. The van der Waals surface area contributed by atoms with Crippen molar-refractivity contribution in [2.24, 2.45) is 0 Å². The van der Waals surface area contributed by atoms with E-state index in [4.69, 9.17) is 9.52 Å². The molecule has 1 aliphatic carbocycles. The molecular weight excluding hydrogens is 208 g/mol. The lowest BCUT2D eigenvalue weighted by Crippen LogP contribution is -2.29. The summed E-state index contributed by atoms with van der Waals surface area (Å²) in [5.41, 5.74) is 0. The number of nitrogens with one attached hydrogen (secondary N) is 1. The molecule has 16 heavy (non-hydrogen) atoms. The minimum Gasteiger partial charge on any atom is -0.407 e. The average Bonchev–Trinajstić information content (AvgIpc) is 3.02. The number of aliphatic hydroxyl groups excluding tert-OH is 1. The molecule has 0 atom stereocenters. The molecule has 1 aliphatic rings. The topological polar surface area (TPSA) is 74.4 Å². The van der Waals surface area contributed by atoms with Crippen LogP contribution in [0.2, 0.25) is 0 Å². The first kappa shape index (κ1) is 11.3. The molecule has 1 aromatic rings. The van der Waals surface area contributed by atoms with E-state index in [0.717, 1.165) is 19.4 Å². The molecule has 0 spiro atoms. The van der Waals surface area contributed by atoms with Crippen LogP contribution < -0.4 is 10.2 Å². The molecule has 6 nitrogen and oxygen atoms in total. The molecule has 0 bridgehead atoms. The molecule has 0 unspecified atom stereocenters. The molecule has 0 radical (unpaired) electrons. The Balaban J connectivity index is 1.97. The summed E-state index contributed by atoms with van der Waals surface area (Å²) < 4.78 is 5.53. The number of aromatic nitrogens is 2. The van der Waals surface area contributed by atoms with E-state index in [-0.39, 0.29) is 6.61 Å². The molecule has 0 saturated heterocycles. The number of anilines is 1. The third kappa shape index (κ3) is 2.70. The third-order valence-electron chi connectivity index (χ3n) is 2.56. The van der Waals surface area contributed by atoms with E-state index in [2.05, 4.69) is 15.5 Å². The Bertz CT molecular complexity index is 324. The first-order valence-corrected chi connectivity index (χ1v) is 5.75. The van der Waals surface area contributed by atoms with Crippen molar-refractivity contribution in [1.82, 2.24) is 15.5 Å². The fourth-order valence-corrected chi connectivity index (χ4v) is 1.59. The van der Waals surface area contributed by atoms with Crippen LogP contribution in [0.5, 0.6) is 0 Å². The van der Waals surface area contributed by atoms with Crippen LogP contribution in [0.25, 0.3) is 0 Å². The van der Waals surface area contributed by atoms with Crippen molar-refractivity contribution in [2.45, 2.75) is 32.4 Å². The Morgan fingerprint density at radius 2 is 2.31 bits per heavy atom.